The third kappa shape index (κ3) is 5.08. The van der Waals surface area contributed by atoms with Crippen LogP contribution < -0.4 is 10.6 Å². The van der Waals surface area contributed by atoms with Crippen LogP contribution in [0.4, 0.5) is 5.00 Å². The first-order valence-electron chi connectivity index (χ1n) is 9.08. The summed E-state index contributed by atoms with van der Waals surface area (Å²) in [6.07, 6.45) is 0. The summed E-state index contributed by atoms with van der Waals surface area (Å²) in [6, 6.07) is 0. The van der Waals surface area contributed by atoms with Crippen molar-refractivity contribution in [1.82, 2.24) is 15.1 Å². The van der Waals surface area contributed by atoms with E-state index in [1.165, 1.54) is 14.0 Å². The molecule has 3 amide bonds. The minimum atomic E-state index is -0.572. The lowest BCUT2D eigenvalue weighted by atomic mass is 10.1. The molecule has 0 bridgehead atoms. The molecule has 154 valence electrons. The molecule has 1 aliphatic rings. The zero-order valence-electron chi connectivity index (χ0n) is 16.6. The van der Waals surface area contributed by atoms with Gasteiger partial charge in [-0.3, -0.25) is 19.3 Å². The predicted molar refractivity (Wildman–Crippen MR) is 106 cm³/mol. The third-order valence-electron chi connectivity index (χ3n) is 4.50. The number of thiophene rings is 1. The molecule has 0 aromatic carbocycles. The average Bonchev–Trinajstić information content (AvgIpc) is 2.97. The number of nitrogens with one attached hydrogen (secondary N) is 2. The summed E-state index contributed by atoms with van der Waals surface area (Å²) in [7, 11) is 1.50. The quantitative estimate of drug-likeness (QED) is 0.669. The molecule has 1 aromatic heterocycles. The van der Waals surface area contributed by atoms with Gasteiger partial charge in [0.25, 0.3) is 5.91 Å². The van der Waals surface area contributed by atoms with Gasteiger partial charge >= 0.3 is 5.97 Å². The number of carbonyl (C=O) groups excluding carboxylic acids is 4. The van der Waals surface area contributed by atoms with Gasteiger partial charge in [-0.1, -0.05) is 0 Å². The predicted octanol–water partition coefficient (Wildman–Crippen LogP) is 0.695. The molecule has 0 unspecified atom stereocenters. The Balaban J connectivity index is 2.11. The maximum Gasteiger partial charge on any atom is 0.341 e. The van der Waals surface area contributed by atoms with Crippen LogP contribution in [0.15, 0.2) is 0 Å². The van der Waals surface area contributed by atoms with E-state index >= 15 is 0 Å². The summed E-state index contributed by atoms with van der Waals surface area (Å²) in [5, 5.41) is 5.59. The fraction of sp³-hybridized carbons (Fsp3) is 0.556. The fourth-order valence-corrected chi connectivity index (χ4v) is 4.13. The van der Waals surface area contributed by atoms with Gasteiger partial charge in [0.2, 0.25) is 11.8 Å². The maximum absolute atomic E-state index is 12.5. The van der Waals surface area contributed by atoms with E-state index in [0.29, 0.717) is 41.6 Å². The molecule has 1 saturated heterocycles. The van der Waals surface area contributed by atoms with E-state index in [-0.39, 0.29) is 36.4 Å². The molecule has 10 heteroatoms. The second-order valence-electron chi connectivity index (χ2n) is 6.39. The number of rotatable bonds is 6. The van der Waals surface area contributed by atoms with Gasteiger partial charge in [0.1, 0.15) is 5.00 Å². The number of hydrogen-bond donors (Lipinski definition) is 2. The molecule has 9 nitrogen and oxygen atoms in total. The van der Waals surface area contributed by atoms with Crippen molar-refractivity contribution in [2.75, 3.05) is 51.7 Å². The second-order valence-corrected chi connectivity index (χ2v) is 7.41. The van der Waals surface area contributed by atoms with Crippen molar-refractivity contribution < 1.29 is 23.9 Å². The zero-order valence-corrected chi connectivity index (χ0v) is 17.4. The standard InChI is InChI=1S/C18H26N4O5S/c1-5-27-18(26)14-11(2)15(16(25)19-4)28-17(14)20-13(24)10-21-6-8-22(9-7-21)12(3)23/h5-10H2,1-4H3,(H,19,25)(H,20,24). The molecule has 2 N–H and O–H groups in total. The number of esters is 1. The summed E-state index contributed by atoms with van der Waals surface area (Å²) in [5.74, 6) is -1.16. The normalized spacial score (nSPS) is 14.5. The Kier molecular flexibility index (Phi) is 7.53. The average molecular weight is 410 g/mol. The molecular formula is C18H26N4O5S. The highest BCUT2D eigenvalue weighted by atomic mass is 32.1. The lowest BCUT2D eigenvalue weighted by Crippen LogP contribution is -2.49. The number of ether oxygens (including phenoxy) is 1. The van der Waals surface area contributed by atoms with Gasteiger partial charge in [-0.15, -0.1) is 11.3 Å². The number of nitrogens with zero attached hydrogens (tertiary/aromatic N) is 2. The highest BCUT2D eigenvalue weighted by molar-refractivity contribution is 7.18. The number of hydrogen-bond acceptors (Lipinski definition) is 7. The first-order chi connectivity index (χ1) is 13.3. The smallest absolute Gasteiger partial charge is 0.341 e. The molecule has 2 rings (SSSR count). The van der Waals surface area contributed by atoms with E-state index in [1.807, 2.05) is 4.90 Å². The van der Waals surface area contributed by atoms with Crippen LogP contribution in [0.25, 0.3) is 0 Å². The molecular weight excluding hydrogens is 384 g/mol. The third-order valence-corrected chi connectivity index (χ3v) is 5.70. The lowest BCUT2D eigenvalue weighted by Gasteiger charge is -2.33. The van der Waals surface area contributed by atoms with E-state index in [9.17, 15) is 19.2 Å². The van der Waals surface area contributed by atoms with Crippen LogP contribution in [-0.4, -0.2) is 79.9 Å². The largest absolute Gasteiger partial charge is 0.462 e. The zero-order chi connectivity index (χ0) is 20.8. The number of piperazine rings is 1. The molecule has 0 saturated carbocycles. The summed E-state index contributed by atoms with van der Waals surface area (Å²) in [5.41, 5.74) is 0.688. The van der Waals surface area contributed by atoms with Gasteiger partial charge in [0.05, 0.1) is 23.6 Å². The van der Waals surface area contributed by atoms with Crippen LogP contribution in [0, 0.1) is 6.92 Å². The van der Waals surface area contributed by atoms with Crippen molar-refractivity contribution in [1.29, 1.82) is 0 Å². The molecule has 2 heterocycles. The molecule has 28 heavy (non-hydrogen) atoms. The SMILES string of the molecule is CCOC(=O)c1c(NC(=O)CN2CCN(C(C)=O)CC2)sc(C(=O)NC)c1C. The monoisotopic (exact) mass is 410 g/mol. The highest BCUT2D eigenvalue weighted by Crippen LogP contribution is 2.33. The van der Waals surface area contributed by atoms with Crippen LogP contribution in [-0.2, 0) is 14.3 Å². The first-order valence-corrected chi connectivity index (χ1v) is 9.90. The molecule has 0 radical (unpaired) electrons. The molecule has 1 fully saturated rings. The van der Waals surface area contributed by atoms with Crippen molar-refractivity contribution in [3.63, 3.8) is 0 Å². The van der Waals surface area contributed by atoms with Crippen LogP contribution in [0.2, 0.25) is 0 Å². The van der Waals surface area contributed by atoms with E-state index < -0.39 is 5.97 Å². The van der Waals surface area contributed by atoms with Crippen LogP contribution in [0.5, 0.6) is 0 Å². The number of amides is 3. The molecule has 0 atom stereocenters. The van der Waals surface area contributed by atoms with E-state index in [1.54, 1.807) is 18.7 Å². The van der Waals surface area contributed by atoms with Crippen molar-refractivity contribution in [2.24, 2.45) is 0 Å². The Hall–Kier alpha value is -2.46. The van der Waals surface area contributed by atoms with Gasteiger partial charge in [0, 0.05) is 40.2 Å². The van der Waals surface area contributed by atoms with E-state index in [4.69, 9.17) is 4.74 Å². The van der Waals surface area contributed by atoms with Crippen molar-refractivity contribution in [3.05, 3.63) is 16.0 Å². The van der Waals surface area contributed by atoms with Crippen LogP contribution in [0.3, 0.4) is 0 Å². The molecule has 1 aromatic rings. The Bertz CT molecular complexity index is 768. The van der Waals surface area contributed by atoms with Crippen LogP contribution >= 0.6 is 11.3 Å². The Morgan fingerprint density at radius 2 is 1.79 bits per heavy atom. The molecule has 0 spiro atoms. The number of carbonyl (C=O) groups is 4. The van der Waals surface area contributed by atoms with Gasteiger partial charge in [-0.25, -0.2) is 4.79 Å². The topological polar surface area (TPSA) is 108 Å². The molecule has 1 aliphatic heterocycles. The summed E-state index contributed by atoms with van der Waals surface area (Å²) in [6.45, 7) is 7.57. The minimum absolute atomic E-state index is 0.0268. The second kappa shape index (κ2) is 9.65. The van der Waals surface area contributed by atoms with Gasteiger partial charge < -0.3 is 20.3 Å². The number of anilines is 1. The fourth-order valence-electron chi connectivity index (χ4n) is 2.97. The Labute approximate surface area is 168 Å². The van der Waals surface area contributed by atoms with Crippen molar-refractivity contribution >= 4 is 40.0 Å². The van der Waals surface area contributed by atoms with Crippen molar-refractivity contribution in [3.8, 4) is 0 Å². The van der Waals surface area contributed by atoms with Crippen molar-refractivity contribution in [2.45, 2.75) is 20.8 Å². The lowest BCUT2D eigenvalue weighted by molar-refractivity contribution is -0.130. The van der Waals surface area contributed by atoms with E-state index in [2.05, 4.69) is 10.6 Å². The van der Waals surface area contributed by atoms with Gasteiger partial charge in [0.15, 0.2) is 0 Å². The Morgan fingerprint density at radius 1 is 1.14 bits per heavy atom. The minimum Gasteiger partial charge on any atom is -0.462 e. The summed E-state index contributed by atoms with van der Waals surface area (Å²) < 4.78 is 5.08. The molecule has 0 aliphatic carbocycles. The maximum atomic E-state index is 12.5. The Morgan fingerprint density at radius 3 is 2.32 bits per heavy atom. The first kappa shape index (κ1) is 21.8. The van der Waals surface area contributed by atoms with Gasteiger partial charge in [-0.05, 0) is 19.4 Å². The summed E-state index contributed by atoms with van der Waals surface area (Å²) in [4.78, 5) is 52.3. The summed E-state index contributed by atoms with van der Waals surface area (Å²) >= 11 is 1.05. The van der Waals surface area contributed by atoms with Gasteiger partial charge in [-0.2, -0.15) is 0 Å². The van der Waals surface area contributed by atoms with Crippen LogP contribution in [0.1, 0.15) is 39.4 Å². The highest BCUT2D eigenvalue weighted by Gasteiger charge is 2.27. The van der Waals surface area contributed by atoms with E-state index in [0.717, 1.165) is 11.3 Å².